The molecule has 1 aromatic carbocycles. The van der Waals surface area contributed by atoms with Crippen molar-refractivity contribution in [2.24, 2.45) is 11.8 Å². The lowest BCUT2D eigenvalue weighted by molar-refractivity contribution is 0.0522. The molecule has 3 nitrogen and oxygen atoms in total. The van der Waals surface area contributed by atoms with E-state index in [9.17, 15) is 0 Å². The zero-order valence-electron chi connectivity index (χ0n) is 15.8. The number of benzene rings is 1. The number of ether oxygens (including phenoxy) is 2. The van der Waals surface area contributed by atoms with Crippen LogP contribution in [0.4, 0.5) is 5.69 Å². The number of anilines is 1. The Morgan fingerprint density at radius 2 is 1.17 bits per heavy atom. The molecule has 0 N–H and O–H groups in total. The summed E-state index contributed by atoms with van der Waals surface area (Å²) in [4.78, 5) is 2.46. The number of nitrogens with zero attached hydrogens (tertiary/aromatic N) is 1. The summed E-state index contributed by atoms with van der Waals surface area (Å²) in [6.07, 6.45) is 0.585. The molecule has 0 aliphatic rings. The summed E-state index contributed by atoms with van der Waals surface area (Å²) in [6.45, 7) is 16.5. The lowest BCUT2D eigenvalue weighted by Gasteiger charge is -2.31. The van der Waals surface area contributed by atoms with Gasteiger partial charge < -0.3 is 14.4 Å². The Labute approximate surface area is 143 Å². The van der Waals surface area contributed by atoms with Crippen molar-refractivity contribution in [2.45, 2.75) is 53.8 Å². The van der Waals surface area contributed by atoms with E-state index in [2.05, 4.69) is 76.8 Å². The molecule has 0 bridgehead atoms. The van der Waals surface area contributed by atoms with Gasteiger partial charge in [0.15, 0.2) is 0 Å². The molecule has 0 fully saturated rings. The van der Waals surface area contributed by atoms with Gasteiger partial charge in [0.1, 0.15) is 0 Å². The quantitative estimate of drug-likeness (QED) is 0.594. The van der Waals surface area contributed by atoms with Gasteiger partial charge in [0.2, 0.25) is 0 Å². The van der Waals surface area contributed by atoms with E-state index in [1.165, 1.54) is 5.69 Å². The minimum absolute atomic E-state index is 0.293. The summed E-state index contributed by atoms with van der Waals surface area (Å²) in [5.41, 5.74) is 1.28. The molecule has 0 aromatic heterocycles. The molecule has 0 amide bonds. The first kappa shape index (κ1) is 20.0. The highest BCUT2D eigenvalue weighted by Gasteiger charge is 2.15. The van der Waals surface area contributed by atoms with Gasteiger partial charge >= 0.3 is 0 Å². The molecular weight excluding hydrogens is 286 g/mol. The van der Waals surface area contributed by atoms with Crippen molar-refractivity contribution in [1.82, 2.24) is 0 Å². The Balaban J connectivity index is 2.62. The molecule has 1 rings (SSSR count). The van der Waals surface area contributed by atoms with Crippen molar-refractivity contribution in [3.05, 3.63) is 30.3 Å². The van der Waals surface area contributed by atoms with Crippen molar-refractivity contribution in [1.29, 1.82) is 0 Å². The van der Waals surface area contributed by atoms with Gasteiger partial charge in [-0.05, 0) is 51.7 Å². The van der Waals surface area contributed by atoms with Gasteiger partial charge in [-0.3, -0.25) is 0 Å². The molecule has 0 saturated carbocycles. The molecular formula is C20H35NO2. The predicted molar refractivity (Wildman–Crippen MR) is 99.2 cm³/mol. The van der Waals surface area contributed by atoms with E-state index in [1.807, 2.05) is 0 Å². The zero-order valence-corrected chi connectivity index (χ0v) is 15.8. The largest absolute Gasteiger partial charge is 0.378 e. The van der Waals surface area contributed by atoms with Crippen molar-refractivity contribution < 1.29 is 9.47 Å². The summed E-state index contributed by atoms with van der Waals surface area (Å²) in [5, 5.41) is 0. The Kier molecular flexibility index (Phi) is 9.27. The standard InChI is InChI=1S/C20H35NO2/c1-16(2)22-14-18(5)12-21(20-10-8-7-9-11-20)13-19(6)15-23-17(3)4/h7-11,16-19H,12-15H2,1-6H3. The van der Waals surface area contributed by atoms with Crippen LogP contribution in [0.1, 0.15) is 41.5 Å². The topological polar surface area (TPSA) is 21.7 Å². The van der Waals surface area contributed by atoms with E-state index in [-0.39, 0.29) is 0 Å². The molecule has 0 heterocycles. The van der Waals surface area contributed by atoms with E-state index in [4.69, 9.17) is 9.47 Å². The van der Waals surface area contributed by atoms with Crippen LogP contribution in [-0.4, -0.2) is 38.5 Å². The zero-order chi connectivity index (χ0) is 17.2. The Hall–Kier alpha value is -1.06. The van der Waals surface area contributed by atoms with Crippen LogP contribution in [0.3, 0.4) is 0 Å². The van der Waals surface area contributed by atoms with Crippen LogP contribution in [-0.2, 0) is 9.47 Å². The fraction of sp³-hybridized carbons (Fsp3) is 0.700. The summed E-state index contributed by atoms with van der Waals surface area (Å²) >= 11 is 0. The van der Waals surface area contributed by atoms with Gasteiger partial charge in [-0.2, -0.15) is 0 Å². The van der Waals surface area contributed by atoms with E-state index in [0.717, 1.165) is 26.3 Å². The van der Waals surface area contributed by atoms with Crippen molar-refractivity contribution in [3.63, 3.8) is 0 Å². The molecule has 23 heavy (non-hydrogen) atoms. The highest BCUT2D eigenvalue weighted by atomic mass is 16.5. The third kappa shape index (κ3) is 8.97. The number of para-hydroxylation sites is 1. The lowest BCUT2D eigenvalue weighted by atomic mass is 10.1. The Morgan fingerprint density at radius 1 is 0.739 bits per heavy atom. The van der Waals surface area contributed by atoms with Gasteiger partial charge in [-0.1, -0.05) is 32.0 Å². The van der Waals surface area contributed by atoms with Gasteiger partial charge in [-0.15, -0.1) is 0 Å². The summed E-state index contributed by atoms with van der Waals surface area (Å²) in [6, 6.07) is 10.6. The third-order valence-electron chi connectivity index (χ3n) is 3.61. The van der Waals surface area contributed by atoms with Crippen LogP contribution < -0.4 is 4.90 Å². The lowest BCUT2D eigenvalue weighted by Crippen LogP contribution is -2.35. The molecule has 3 heteroatoms. The average Bonchev–Trinajstić information content (AvgIpc) is 2.51. The van der Waals surface area contributed by atoms with Crippen LogP contribution in [0.25, 0.3) is 0 Å². The van der Waals surface area contributed by atoms with Crippen LogP contribution in [0.5, 0.6) is 0 Å². The second-order valence-electron chi connectivity index (χ2n) is 7.22. The highest BCUT2D eigenvalue weighted by molar-refractivity contribution is 5.46. The minimum atomic E-state index is 0.293. The average molecular weight is 322 g/mol. The second kappa shape index (κ2) is 10.7. The molecule has 2 atom stereocenters. The monoisotopic (exact) mass is 321 g/mol. The molecule has 0 saturated heterocycles. The highest BCUT2D eigenvalue weighted by Crippen LogP contribution is 2.18. The van der Waals surface area contributed by atoms with Crippen LogP contribution in [0, 0.1) is 11.8 Å². The summed E-state index contributed by atoms with van der Waals surface area (Å²) in [5.74, 6) is 0.992. The van der Waals surface area contributed by atoms with Crippen molar-refractivity contribution in [2.75, 3.05) is 31.2 Å². The predicted octanol–water partition coefficient (Wildman–Crippen LogP) is 4.62. The molecule has 1 aromatic rings. The first-order valence-electron chi connectivity index (χ1n) is 8.91. The van der Waals surface area contributed by atoms with Gasteiger partial charge in [-0.25, -0.2) is 0 Å². The van der Waals surface area contributed by atoms with Gasteiger partial charge in [0.05, 0.1) is 25.4 Å². The number of rotatable bonds is 11. The molecule has 0 aliphatic heterocycles. The van der Waals surface area contributed by atoms with E-state index in [0.29, 0.717) is 24.0 Å². The third-order valence-corrected chi connectivity index (χ3v) is 3.61. The summed E-state index contributed by atoms with van der Waals surface area (Å²) < 4.78 is 11.5. The SMILES string of the molecule is CC(COC(C)C)CN(CC(C)COC(C)C)c1ccccc1. The Bertz CT molecular complexity index is 385. The fourth-order valence-electron chi connectivity index (χ4n) is 2.50. The number of hydrogen-bond acceptors (Lipinski definition) is 3. The maximum atomic E-state index is 5.77. The van der Waals surface area contributed by atoms with E-state index < -0.39 is 0 Å². The second-order valence-corrected chi connectivity index (χ2v) is 7.22. The molecule has 2 unspecified atom stereocenters. The van der Waals surface area contributed by atoms with Gasteiger partial charge in [0, 0.05) is 18.8 Å². The van der Waals surface area contributed by atoms with E-state index >= 15 is 0 Å². The maximum absolute atomic E-state index is 5.77. The van der Waals surface area contributed by atoms with E-state index in [1.54, 1.807) is 0 Å². The molecule has 0 radical (unpaired) electrons. The van der Waals surface area contributed by atoms with Crippen LogP contribution in [0.2, 0.25) is 0 Å². The smallest absolute Gasteiger partial charge is 0.0519 e. The van der Waals surface area contributed by atoms with Crippen LogP contribution >= 0.6 is 0 Å². The van der Waals surface area contributed by atoms with Crippen molar-refractivity contribution in [3.8, 4) is 0 Å². The van der Waals surface area contributed by atoms with Gasteiger partial charge in [0.25, 0.3) is 0 Å². The maximum Gasteiger partial charge on any atom is 0.0519 e. The molecule has 0 aliphatic carbocycles. The normalized spacial score (nSPS) is 14.3. The number of hydrogen-bond donors (Lipinski definition) is 0. The fourth-order valence-corrected chi connectivity index (χ4v) is 2.50. The first-order valence-corrected chi connectivity index (χ1v) is 8.91. The Morgan fingerprint density at radius 3 is 1.57 bits per heavy atom. The molecule has 132 valence electrons. The minimum Gasteiger partial charge on any atom is -0.378 e. The van der Waals surface area contributed by atoms with Crippen LogP contribution in [0.15, 0.2) is 30.3 Å². The first-order chi connectivity index (χ1) is 10.9. The van der Waals surface area contributed by atoms with Crippen molar-refractivity contribution >= 4 is 5.69 Å². The molecule has 0 spiro atoms. The summed E-state index contributed by atoms with van der Waals surface area (Å²) in [7, 11) is 0.